The van der Waals surface area contributed by atoms with Gasteiger partial charge < -0.3 is 10.1 Å². The molecule has 0 saturated carbocycles. The molecule has 10 heteroatoms. The number of nitrogens with one attached hydrogen (secondary N) is 2. The lowest BCUT2D eigenvalue weighted by atomic mass is 10.2. The summed E-state index contributed by atoms with van der Waals surface area (Å²) in [6.45, 7) is 1.04. The van der Waals surface area contributed by atoms with E-state index in [4.69, 9.17) is 10.00 Å². The van der Waals surface area contributed by atoms with Gasteiger partial charge >= 0.3 is 5.97 Å². The van der Waals surface area contributed by atoms with Crippen LogP contribution in [0.25, 0.3) is 0 Å². The zero-order valence-corrected chi connectivity index (χ0v) is 16.0. The van der Waals surface area contributed by atoms with E-state index in [0.717, 1.165) is 4.88 Å². The number of nitrogens with zero attached hydrogens (tertiary/aromatic N) is 1. The Morgan fingerprint density at radius 2 is 2.00 bits per heavy atom. The summed E-state index contributed by atoms with van der Waals surface area (Å²) in [4.78, 5) is 24.5. The highest BCUT2D eigenvalue weighted by Crippen LogP contribution is 2.13. The predicted octanol–water partition coefficient (Wildman–Crippen LogP) is 1.15. The first-order valence-electron chi connectivity index (χ1n) is 7.82. The van der Waals surface area contributed by atoms with Gasteiger partial charge in [-0.1, -0.05) is 18.2 Å². The van der Waals surface area contributed by atoms with E-state index in [2.05, 4.69) is 10.0 Å². The minimum absolute atomic E-state index is 0.0420. The van der Waals surface area contributed by atoms with Crippen molar-refractivity contribution in [2.45, 2.75) is 24.5 Å². The minimum atomic E-state index is -4.07. The van der Waals surface area contributed by atoms with Crippen LogP contribution in [0.1, 0.15) is 17.4 Å². The normalized spacial score (nSPS) is 12.0. The third-order valence-electron chi connectivity index (χ3n) is 3.40. The fourth-order valence-electron chi connectivity index (χ4n) is 2.05. The molecular weight excluding hydrogens is 390 g/mol. The molecule has 0 bridgehead atoms. The molecule has 8 nitrogen and oxygen atoms in total. The molecule has 2 aromatic rings. The van der Waals surface area contributed by atoms with Crippen molar-refractivity contribution in [3.05, 3.63) is 52.2 Å². The molecule has 1 aromatic heterocycles. The van der Waals surface area contributed by atoms with Crippen LogP contribution in [0.4, 0.5) is 0 Å². The van der Waals surface area contributed by atoms with Crippen molar-refractivity contribution in [2.24, 2.45) is 0 Å². The number of carbonyl (C=O) groups is 2. The van der Waals surface area contributed by atoms with Gasteiger partial charge in [0.15, 0.2) is 6.10 Å². The average Bonchev–Trinajstić information content (AvgIpc) is 3.18. The van der Waals surface area contributed by atoms with Crippen molar-refractivity contribution in [3.63, 3.8) is 0 Å². The quantitative estimate of drug-likeness (QED) is 0.632. The van der Waals surface area contributed by atoms with Crippen molar-refractivity contribution in [1.82, 2.24) is 10.0 Å². The van der Waals surface area contributed by atoms with Crippen molar-refractivity contribution < 1.29 is 22.7 Å². The molecule has 0 aliphatic carbocycles. The number of rotatable bonds is 8. The third kappa shape index (κ3) is 5.89. The van der Waals surface area contributed by atoms with Gasteiger partial charge in [-0.3, -0.25) is 9.59 Å². The molecule has 1 aromatic carbocycles. The van der Waals surface area contributed by atoms with E-state index >= 15 is 0 Å². The molecule has 0 aliphatic heterocycles. The fourth-order valence-corrected chi connectivity index (χ4v) is 3.82. The number of esters is 1. The molecule has 0 unspecified atom stereocenters. The van der Waals surface area contributed by atoms with Crippen molar-refractivity contribution in [1.29, 1.82) is 5.26 Å². The van der Waals surface area contributed by atoms with Crippen molar-refractivity contribution in [3.8, 4) is 6.07 Å². The maximum atomic E-state index is 12.2. The van der Waals surface area contributed by atoms with Gasteiger partial charge in [0.2, 0.25) is 10.0 Å². The van der Waals surface area contributed by atoms with Gasteiger partial charge in [-0.05, 0) is 30.5 Å². The van der Waals surface area contributed by atoms with Gasteiger partial charge in [-0.2, -0.15) is 9.98 Å². The number of amides is 1. The number of ether oxygens (including phenoxy) is 1. The standard InChI is InChI=1S/C17H17N3O5S2/c1-12(17(22)19-10-14-6-4-8-26-14)25-16(21)11-20-27(23,24)15-7-3-2-5-13(15)9-18/h2-8,12,20H,10-11H2,1H3,(H,19,22)/t12-/m1/s1. The summed E-state index contributed by atoms with van der Waals surface area (Å²) in [5, 5.41) is 13.5. The first kappa shape index (κ1) is 20.6. The van der Waals surface area contributed by atoms with Crippen LogP contribution in [0.2, 0.25) is 0 Å². The fraction of sp³-hybridized carbons (Fsp3) is 0.235. The van der Waals surface area contributed by atoms with Crippen LogP contribution in [-0.4, -0.2) is 32.9 Å². The molecule has 1 heterocycles. The van der Waals surface area contributed by atoms with E-state index in [-0.39, 0.29) is 10.5 Å². The zero-order chi connectivity index (χ0) is 19.9. The van der Waals surface area contributed by atoms with Crippen LogP contribution in [0.15, 0.2) is 46.7 Å². The molecule has 2 rings (SSSR count). The number of nitriles is 1. The summed E-state index contributed by atoms with van der Waals surface area (Å²) in [5.74, 6) is -1.40. The maximum absolute atomic E-state index is 12.2. The SMILES string of the molecule is C[C@@H](OC(=O)CNS(=O)(=O)c1ccccc1C#N)C(=O)NCc1cccs1. The number of carbonyl (C=O) groups excluding carboxylic acids is 2. The van der Waals surface area contributed by atoms with Crippen molar-refractivity contribution >= 4 is 33.2 Å². The summed E-state index contributed by atoms with van der Waals surface area (Å²) < 4.78 is 31.4. The molecule has 0 saturated heterocycles. The molecule has 142 valence electrons. The van der Waals surface area contributed by atoms with E-state index in [1.807, 2.05) is 17.5 Å². The van der Waals surface area contributed by atoms with E-state index in [1.165, 1.54) is 42.5 Å². The summed E-state index contributed by atoms with van der Waals surface area (Å²) in [7, 11) is -4.07. The maximum Gasteiger partial charge on any atom is 0.321 e. The van der Waals surface area contributed by atoms with Gasteiger partial charge in [0.1, 0.15) is 12.6 Å². The highest BCUT2D eigenvalue weighted by atomic mass is 32.2. The molecule has 27 heavy (non-hydrogen) atoms. The van der Waals surface area contributed by atoms with Gasteiger partial charge in [-0.25, -0.2) is 8.42 Å². The van der Waals surface area contributed by atoms with Crippen molar-refractivity contribution in [2.75, 3.05) is 6.54 Å². The number of sulfonamides is 1. The molecule has 0 spiro atoms. The Hall–Kier alpha value is -2.74. The highest BCUT2D eigenvalue weighted by Gasteiger charge is 2.22. The molecular formula is C17H17N3O5S2. The molecule has 1 atom stereocenters. The largest absolute Gasteiger partial charge is 0.452 e. The van der Waals surface area contributed by atoms with Gasteiger partial charge in [0.05, 0.1) is 17.0 Å². The third-order valence-corrected chi connectivity index (χ3v) is 5.73. The first-order valence-corrected chi connectivity index (χ1v) is 10.2. The molecule has 0 radical (unpaired) electrons. The average molecular weight is 407 g/mol. The Kier molecular flexibility index (Phi) is 7.06. The van der Waals surface area contributed by atoms with Gasteiger partial charge in [-0.15, -0.1) is 11.3 Å². The van der Waals surface area contributed by atoms with E-state index in [1.54, 1.807) is 6.07 Å². The minimum Gasteiger partial charge on any atom is -0.452 e. The Morgan fingerprint density at radius 3 is 2.67 bits per heavy atom. The van der Waals surface area contributed by atoms with Crippen LogP contribution >= 0.6 is 11.3 Å². The lowest BCUT2D eigenvalue weighted by molar-refractivity contribution is -0.153. The number of thiophene rings is 1. The molecule has 1 amide bonds. The van der Waals surface area contributed by atoms with E-state index in [0.29, 0.717) is 6.54 Å². The van der Waals surface area contributed by atoms with Crippen LogP contribution in [-0.2, 0) is 30.9 Å². The Labute approximate surface area is 160 Å². The lowest BCUT2D eigenvalue weighted by Crippen LogP contribution is -2.38. The number of hydrogen-bond acceptors (Lipinski definition) is 7. The Balaban J connectivity index is 1.86. The topological polar surface area (TPSA) is 125 Å². The molecule has 0 aliphatic rings. The monoisotopic (exact) mass is 407 g/mol. The Morgan fingerprint density at radius 1 is 1.26 bits per heavy atom. The second kappa shape index (κ2) is 9.27. The highest BCUT2D eigenvalue weighted by molar-refractivity contribution is 7.89. The van der Waals surface area contributed by atoms with Gasteiger partial charge in [0.25, 0.3) is 5.91 Å². The van der Waals surface area contributed by atoms with Gasteiger partial charge in [0, 0.05) is 4.88 Å². The van der Waals surface area contributed by atoms with E-state index < -0.39 is 34.5 Å². The van der Waals surface area contributed by atoms with Crippen LogP contribution in [0.3, 0.4) is 0 Å². The summed E-state index contributed by atoms with van der Waals surface area (Å²) in [5.41, 5.74) is -0.0420. The molecule has 0 fully saturated rings. The van der Waals surface area contributed by atoms with Crippen LogP contribution < -0.4 is 10.0 Å². The second-order valence-corrected chi connectivity index (χ2v) is 8.13. The number of benzene rings is 1. The summed E-state index contributed by atoms with van der Waals surface area (Å²) in [6, 6.07) is 11.1. The zero-order valence-electron chi connectivity index (χ0n) is 14.3. The van der Waals surface area contributed by atoms with Crippen LogP contribution in [0.5, 0.6) is 0 Å². The Bertz CT molecular complexity index is 949. The smallest absolute Gasteiger partial charge is 0.321 e. The summed E-state index contributed by atoms with van der Waals surface area (Å²) >= 11 is 1.48. The number of hydrogen-bond donors (Lipinski definition) is 2. The van der Waals surface area contributed by atoms with Crippen LogP contribution in [0, 0.1) is 11.3 Å². The lowest BCUT2D eigenvalue weighted by Gasteiger charge is -2.14. The predicted molar refractivity (Wildman–Crippen MR) is 98.1 cm³/mol. The first-order chi connectivity index (χ1) is 12.8. The second-order valence-electron chi connectivity index (χ2n) is 5.36. The molecule has 2 N–H and O–H groups in total. The van der Waals surface area contributed by atoms with E-state index in [9.17, 15) is 18.0 Å². The summed E-state index contributed by atoms with van der Waals surface area (Å²) in [6.07, 6.45) is -1.08.